The van der Waals surface area contributed by atoms with Crippen LogP contribution in [0.15, 0.2) is 23.1 Å². The average Bonchev–Trinajstić information content (AvgIpc) is 2.80. The van der Waals surface area contributed by atoms with Crippen molar-refractivity contribution in [1.82, 2.24) is 9.62 Å². The van der Waals surface area contributed by atoms with Gasteiger partial charge in [0, 0.05) is 13.1 Å². The number of nitrogens with zero attached hydrogens (tertiary/aromatic N) is 1. The Bertz CT molecular complexity index is 633. The number of hydrogen-bond donors (Lipinski definition) is 1. The maximum Gasteiger partial charge on any atom is 0.409 e. The number of amides is 1. The number of rotatable bonds is 6. The first kappa shape index (κ1) is 15.7. The number of nitrogens with one attached hydrogen (secondary N) is 1. The minimum absolute atomic E-state index is 0.0597. The summed E-state index contributed by atoms with van der Waals surface area (Å²) >= 11 is 0. The molecule has 1 aromatic carbocycles. The third kappa shape index (κ3) is 3.92. The molecule has 0 atom stereocenters. The van der Waals surface area contributed by atoms with E-state index in [0.717, 1.165) is 6.07 Å². The number of carbonyl (C=O) groups is 1. The van der Waals surface area contributed by atoms with E-state index in [9.17, 15) is 17.6 Å². The van der Waals surface area contributed by atoms with Gasteiger partial charge in [-0.05, 0) is 37.1 Å². The van der Waals surface area contributed by atoms with E-state index in [1.165, 1.54) is 24.0 Å². The van der Waals surface area contributed by atoms with Gasteiger partial charge in [0.05, 0.1) is 11.4 Å². The monoisotopic (exact) mass is 316 g/mol. The number of aryl methyl sites for hydroxylation is 1. The number of halogens is 1. The minimum Gasteiger partial charge on any atom is -0.448 e. The van der Waals surface area contributed by atoms with Crippen molar-refractivity contribution in [1.29, 1.82) is 0 Å². The predicted octanol–water partition coefficient (Wildman–Crippen LogP) is 1.25. The molecule has 1 aromatic rings. The number of carbonyl (C=O) groups excluding carboxylic acids is 1. The molecule has 0 radical (unpaired) electrons. The van der Waals surface area contributed by atoms with E-state index in [0.29, 0.717) is 31.7 Å². The zero-order valence-electron chi connectivity index (χ0n) is 11.6. The third-order valence-corrected chi connectivity index (χ3v) is 4.79. The van der Waals surface area contributed by atoms with E-state index < -0.39 is 15.8 Å². The summed E-state index contributed by atoms with van der Waals surface area (Å²) in [5.41, 5.74) is 0.352. The summed E-state index contributed by atoms with van der Waals surface area (Å²) in [6.07, 6.45) is 0.112. The van der Waals surface area contributed by atoms with E-state index in [1.54, 1.807) is 0 Å². The topological polar surface area (TPSA) is 75.7 Å². The Kier molecular flexibility index (Phi) is 4.79. The summed E-state index contributed by atoms with van der Waals surface area (Å²) in [5, 5.41) is 0. The van der Waals surface area contributed by atoms with E-state index in [-0.39, 0.29) is 17.5 Å². The second-order valence-corrected chi connectivity index (χ2v) is 6.50. The molecular weight excluding hydrogens is 299 g/mol. The number of hydrogen-bond acceptors (Lipinski definition) is 4. The van der Waals surface area contributed by atoms with Gasteiger partial charge in [-0.25, -0.2) is 22.3 Å². The van der Waals surface area contributed by atoms with Crippen molar-refractivity contribution in [2.75, 3.05) is 26.2 Å². The first-order valence-corrected chi connectivity index (χ1v) is 8.06. The molecule has 0 spiro atoms. The highest BCUT2D eigenvalue weighted by atomic mass is 32.2. The van der Waals surface area contributed by atoms with Gasteiger partial charge in [-0.15, -0.1) is 0 Å². The second kappa shape index (κ2) is 6.40. The highest BCUT2D eigenvalue weighted by Crippen LogP contribution is 2.15. The molecule has 1 N–H and O–H groups in total. The second-order valence-electron chi connectivity index (χ2n) is 4.76. The highest BCUT2D eigenvalue weighted by Gasteiger charge is 2.21. The van der Waals surface area contributed by atoms with Crippen molar-refractivity contribution in [2.24, 2.45) is 0 Å². The Labute approximate surface area is 122 Å². The Morgan fingerprint density at radius 2 is 2.19 bits per heavy atom. The van der Waals surface area contributed by atoms with Gasteiger partial charge in [0.1, 0.15) is 12.4 Å². The molecule has 2 rings (SSSR count). The molecule has 0 aromatic heterocycles. The lowest BCUT2D eigenvalue weighted by molar-refractivity contribution is 0.158. The Morgan fingerprint density at radius 1 is 1.43 bits per heavy atom. The first-order valence-electron chi connectivity index (χ1n) is 6.58. The quantitative estimate of drug-likeness (QED) is 0.802. The summed E-state index contributed by atoms with van der Waals surface area (Å²) in [7, 11) is -3.67. The average molecular weight is 316 g/mol. The van der Waals surface area contributed by atoms with E-state index >= 15 is 0 Å². The smallest absolute Gasteiger partial charge is 0.409 e. The summed E-state index contributed by atoms with van der Waals surface area (Å²) in [6, 6.07) is 3.53. The molecule has 116 valence electrons. The van der Waals surface area contributed by atoms with Crippen LogP contribution in [0.3, 0.4) is 0 Å². The number of ether oxygens (including phenoxy) is 1. The minimum atomic E-state index is -3.67. The van der Waals surface area contributed by atoms with Gasteiger partial charge in [-0.1, -0.05) is 0 Å². The summed E-state index contributed by atoms with van der Waals surface area (Å²) < 4.78 is 44.4. The van der Waals surface area contributed by atoms with Gasteiger partial charge < -0.3 is 9.64 Å². The fourth-order valence-electron chi connectivity index (χ4n) is 2.10. The van der Waals surface area contributed by atoms with Crippen LogP contribution in [-0.2, 0) is 14.8 Å². The van der Waals surface area contributed by atoms with Gasteiger partial charge >= 0.3 is 6.09 Å². The predicted molar refractivity (Wildman–Crippen MR) is 73.9 cm³/mol. The molecule has 8 heteroatoms. The molecule has 6 nitrogen and oxygen atoms in total. The van der Waals surface area contributed by atoms with Crippen molar-refractivity contribution >= 4 is 16.1 Å². The summed E-state index contributed by atoms with van der Waals surface area (Å²) in [6.45, 7) is 3.08. The molecule has 21 heavy (non-hydrogen) atoms. The fraction of sp³-hybridized carbons (Fsp3) is 0.462. The maximum absolute atomic E-state index is 13.0. The molecule has 0 saturated carbocycles. The maximum atomic E-state index is 13.0. The lowest BCUT2D eigenvalue weighted by atomic mass is 10.2. The van der Waals surface area contributed by atoms with Crippen molar-refractivity contribution in [3.8, 4) is 0 Å². The normalized spacial score (nSPS) is 15.3. The molecule has 0 unspecified atom stereocenters. The Balaban J connectivity index is 1.88. The molecule has 1 fully saturated rings. The van der Waals surface area contributed by atoms with Crippen molar-refractivity contribution in [3.63, 3.8) is 0 Å². The molecule has 0 aliphatic carbocycles. The fourth-order valence-corrected chi connectivity index (χ4v) is 3.40. The molecule has 1 heterocycles. The zero-order valence-corrected chi connectivity index (χ0v) is 12.5. The largest absolute Gasteiger partial charge is 0.448 e. The standard InChI is InChI=1S/C13H17FN2O4S/c1-10-9-11(14)3-4-12(10)21(18,19)15-5-2-6-16-7-8-20-13(16)17/h3-4,9,15H,2,5-8H2,1H3. The zero-order chi connectivity index (χ0) is 15.5. The number of cyclic esters (lactones) is 1. The molecule has 0 bridgehead atoms. The third-order valence-electron chi connectivity index (χ3n) is 3.17. The molecular formula is C13H17FN2O4S. The van der Waals surface area contributed by atoms with Crippen LogP contribution in [0.25, 0.3) is 0 Å². The van der Waals surface area contributed by atoms with Gasteiger partial charge in [-0.2, -0.15) is 0 Å². The lowest BCUT2D eigenvalue weighted by Gasteiger charge is -2.13. The van der Waals surface area contributed by atoms with Gasteiger partial charge in [0.2, 0.25) is 10.0 Å². The van der Waals surface area contributed by atoms with Gasteiger partial charge in [0.25, 0.3) is 0 Å². The summed E-state index contributed by atoms with van der Waals surface area (Å²) in [5.74, 6) is -0.473. The summed E-state index contributed by atoms with van der Waals surface area (Å²) in [4.78, 5) is 12.8. The van der Waals surface area contributed by atoms with Crippen LogP contribution in [0.4, 0.5) is 9.18 Å². The van der Waals surface area contributed by atoms with E-state index in [4.69, 9.17) is 4.74 Å². The van der Waals surface area contributed by atoms with Crippen LogP contribution in [0, 0.1) is 12.7 Å². The lowest BCUT2D eigenvalue weighted by Crippen LogP contribution is -2.30. The van der Waals surface area contributed by atoms with Crippen LogP contribution >= 0.6 is 0 Å². The van der Waals surface area contributed by atoms with Crippen LogP contribution < -0.4 is 4.72 Å². The van der Waals surface area contributed by atoms with Crippen molar-refractivity contribution < 1.29 is 22.3 Å². The van der Waals surface area contributed by atoms with Crippen LogP contribution in [0.1, 0.15) is 12.0 Å². The Morgan fingerprint density at radius 3 is 2.81 bits per heavy atom. The number of sulfonamides is 1. The van der Waals surface area contributed by atoms with Crippen molar-refractivity contribution in [3.05, 3.63) is 29.6 Å². The Hall–Kier alpha value is -1.67. The molecule has 1 aliphatic rings. The first-order chi connectivity index (χ1) is 9.90. The highest BCUT2D eigenvalue weighted by molar-refractivity contribution is 7.89. The van der Waals surface area contributed by atoms with Crippen LogP contribution in [-0.4, -0.2) is 45.7 Å². The van der Waals surface area contributed by atoms with Gasteiger partial charge in [0.15, 0.2) is 0 Å². The number of benzene rings is 1. The van der Waals surface area contributed by atoms with Gasteiger partial charge in [-0.3, -0.25) is 0 Å². The molecule has 1 saturated heterocycles. The van der Waals surface area contributed by atoms with Crippen molar-refractivity contribution in [2.45, 2.75) is 18.2 Å². The SMILES string of the molecule is Cc1cc(F)ccc1S(=O)(=O)NCCCN1CCOC1=O. The van der Waals surface area contributed by atoms with Crippen LogP contribution in [0.5, 0.6) is 0 Å². The van der Waals surface area contributed by atoms with Crippen LogP contribution in [0.2, 0.25) is 0 Å². The van der Waals surface area contributed by atoms with E-state index in [1.807, 2.05) is 0 Å². The van der Waals surface area contributed by atoms with E-state index in [2.05, 4.69) is 4.72 Å². The molecule has 1 amide bonds. The molecule has 1 aliphatic heterocycles.